The zero-order valence-corrected chi connectivity index (χ0v) is 13.8. The van der Waals surface area contributed by atoms with Gasteiger partial charge in [0.05, 0.1) is 12.9 Å². The molecule has 0 aromatic rings. The van der Waals surface area contributed by atoms with Gasteiger partial charge in [-0.15, -0.1) is 0 Å². The molecule has 0 aromatic heterocycles. The molecule has 9 heteroatoms. The zero-order valence-electron chi connectivity index (χ0n) is 12.3. The van der Waals surface area contributed by atoms with E-state index in [1.54, 1.807) is 20.8 Å². The van der Waals surface area contributed by atoms with Crippen LogP contribution in [0.2, 0.25) is 0 Å². The smallest absolute Gasteiger partial charge is 0.403 e. The highest BCUT2D eigenvalue weighted by Crippen LogP contribution is 1.82. The molecule has 0 unspecified atom stereocenters. The van der Waals surface area contributed by atoms with E-state index in [0.29, 0.717) is 13.2 Å². The molecule has 0 fully saturated rings. The minimum absolute atomic E-state index is 0.250. The average molecular weight is 323 g/mol. The van der Waals surface area contributed by atoms with E-state index in [1.165, 1.54) is 0 Å². The van der Waals surface area contributed by atoms with Gasteiger partial charge in [-0.2, -0.15) is 0 Å². The van der Waals surface area contributed by atoms with Gasteiger partial charge in [0.15, 0.2) is 0 Å². The van der Waals surface area contributed by atoms with Gasteiger partial charge in [0.1, 0.15) is 0 Å². The lowest BCUT2D eigenvalue weighted by Gasteiger charge is -1.91. The number of aliphatic hydroxyl groups is 1. The predicted molar refractivity (Wildman–Crippen MR) is 78.9 cm³/mol. The summed E-state index contributed by atoms with van der Waals surface area (Å²) < 4.78 is 26.7. The Kier molecular flexibility index (Phi) is 32.3. The van der Waals surface area contributed by atoms with Gasteiger partial charge in [-0.3, -0.25) is 0 Å². The lowest BCUT2D eigenvalue weighted by molar-refractivity contribution is 0.180. The molecule has 0 spiro atoms. The van der Waals surface area contributed by atoms with E-state index in [1.807, 2.05) is 6.92 Å². The van der Waals surface area contributed by atoms with Crippen molar-refractivity contribution in [1.29, 1.82) is 0 Å². The summed E-state index contributed by atoms with van der Waals surface area (Å²) in [5.41, 5.74) is 4.11. The lowest BCUT2D eigenvalue weighted by Crippen LogP contribution is -2.20. The molecule has 0 aliphatic rings. The van der Waals surface area contributed by atoms with Crippen LogP contribution in [0.1, 0.15) is 27.7 Å². The van der Waals surface area contributed by atoms with Gasteiger partial charge in [-0.05, 0) is 20.4 Å². The third-order valence-corrected chi connectivity index (χ3v) is 1.59. The third-order valence-electron chi connectivity index (χ3n) is 0.664. The molecule has 0 amide bonds. The number of ether oxygens (including phenoxy) is 1. The van der Waals surface area contributed by atoms with E-state index in [0.717, 1.165) is 12.8 Å². The minimum atomic E-state index is -2.92. The molecular formula is C10H27ClN2O5S. The number of nitrogens with one attached hydrogen (secondary N) is 1. The van der Waals surface area contributed by atoms with Crippen LogP contribution in [0.3, 0.4) is 0 Å². The highest BCUT2D eigenvalue weighted by Gasteiger charge is 1.92. The Balaban J connectivity index is -0.0000000851. The molecular weight excluding hydrogens is 296 g/mol. The molecule has 0 aromatic carbocycles. The summed E-state index contributed by atoms with van der Waals surface area (Å²) >= 11 is 4.72. The molecule has 19 heavy (non-hydrogen) atoms. The van der Waals surface area contributed by atoms with E-state index in [9.17, 15) is 13.2 Å². The summed E-state index contributed by atoms with van der Waals surface area (Å²) in [7, 11) is -2.92. The number of halogens is 1. The molecule has 0 saturated carbocycles. The number of sulfonamides is 1. The van der Waals surface area contributed by atoms with Gasteiger partial charge < -0.3 is 15.6 Å². The predicted octanol–water partition coefficient (Wildman–Crippen LogP) is 0.901. The molecule has 0 heterocycles. The monoisotopic (exact) mass is 322 g/mol. The van der Waals surface area contributed by atoms with Crippen LogP contribution in [0.15, 0.2) is 0 Å². The Hall–Kier alpha value is -0.410. The minimum Gasteiger partial charge on any atom is -0.454 e. The largest absolute Gasteiger partial charge is 0.454 e. The Morgan fingerprint density at radius 3 is 1.63 bits per heavy atom. The Labute approximate surface area is 121 Å². The summed E-state index contributed by atoms with van der Waals surface area (Å²) in [6.07, 6.45) is 1.14. The number of hydrogen-bond donors (Lipinski definition) is 3. The quantitative estimate of drug-likeness (QED) is 0.664. The summed E-state index contributed by atoms with van der Waals surface area (Å²) in [5, 5.41) is 7.57. The summed E-state index contributed by atoms with van der Waals surface area (Å²) in [6.45, 7) is 8.84. The Bertz CT molecular complexity index is 259. The van der Waals surface area contributed by atoms with Crippen molar-refractivity contribution < 1.29 is 23.1 Å². The topological polar surface area (TPSA) is 119 Å². The molecule has 0 rings (SSSR count). The van der Waals surface area contributed by atoms with Crippen LogP contribution in [0.25, 0.3) is 0 Å². The SMILES string of the molecule is CCN.CCNS(C)(=O)=O.CCO.CCOC(=O)Cl. The number of aliphatic hydroxyl groups excluding tert-OH is 1. The fourth-order valence-corrected chi connectivity index (χ4v) is 1.01. The zero-order chi connectivity index (χ0) is 16.3. The fraction of sp³-hybridized carbons (Fsp3) is 0.900. The molecule has 4 N–H and O–H groups in total. The van der Waals surface area contributed by atoms with Crippen molar-refractivity contribution in [1.82, 2.24) is 4.72 Å². The van der Waals surface area contributed by atoms with Crippen molar-refractivity contribution in [3.05, 3.63) is 0 Å². The average Bonchev–Trinajstić information content (AvgIpc) is 2.18. The van der Waals surface area contributed by atoms with Crippen molar-refractivity contribution in [2.75, 3.05) is 32.6 Å². The molecule has 7 nitrogen and oxygen atoms in total. The maximum Gasteiger partial charge on any atom is 0.403 e. The molecule has 0 bridgehead atoms. The standard InChI is InChI=1S/C3H5ClO2.C3H9NO2S.C2H7N.C2H6O/c1-2-6-3(4)5;1-3-4-7(2,5)6;2*1-2-3/h2H2,1H3;4H,3H2,1-2H3;2-3H2,1H3;3H,2H2,1H3. The van der Waals surface area contributed by atoms with Crippen molar-refractivity contribution in [2.45, 2.75) is 27.7 Å². The molecule has 0 aliphatic heterocycles. The van der Waals surface area contributed by atoms with Gasteiger partial charge in [0.25, 0.3) is 0 Å². The summed E-state index contributed by atoms with van der Waals surface area (Å²) in [6, 6.07) is 0. The molecule has 120 valence electrons. The third kappa shape index (κ3) is 98.4. The number of hydrogen-bond acceptors (Lipinski definition) is 6. The first kappa shape index (κ1) is 27.0. The van der Waals surface area contributed by atoms with E-state index in [2.05, 4.69) is 9.46 Å². The fourth-order valence-electron chi connectivity index (χ4n) is 0.376. The van der Waals surface area contributed by atoms with Crippen molar-refractivity contribution in [3.63, 3.8) is 0 Å². The van der Waals surface area contributed by atoms with Crippen LogP contribution in [0, 0.1) is 0 Å². The Morgan fingerprint density at radius 1 is 1.32 bits per heavy atom. The van der Waals surface area contributed by atoms with Crippen molar-refractivity contribution in [3.8, 4) is 0 Å². The van der Waals surface area contributed by atoms with Gasteiger partial charge >= 0.3 is 5.43 Å². The Morgan fingerprint density at radius 2 is 1.63 bits per heavy atom. The van der Waals surface area contributed by atoms with Gasteiger partial charge in [-0.25, -0.2) is 17.9 Å². The van der Waals surface area contributed by atoms with Crippen LogP contribution < -0.4 is 10.5 Å². The van der Waals surface area contributed by atoms with Crippen LogP contribution >= 0.6 is 11.6 Å². The number of carbonyl (C=O) groups excluding carboxylic acids is 1. The van der Waals surface area contributed by atoms with Crippen molar-refractivity contribution in [2.24, 2.45) is 5.73 Å². The molecule has 0 aliphatic carbocycles. The highest BCUT2D eigenvalue weighted by atomic mass is 35.5. The number of nitrogens with two attached hydrogens (primary N) is 1. The van der Waals surface area contributed by atoms with E-state index in [4.69, 9.17) is 22.4 Å². The van der Waals surface area contributed by atoms with E-state index < -0.39 is 15.5 Å². The molecule has 0 saturated heterocycles. The second kappa shape index (κ2) is 22.7. The second-order valence-corrected chi connectivity index (χ2v) is 4.81. The number of rotatable bonds is 3. The first-order chi connectivity index (χ1) is 8.66. The van der Waals surface area contributed by atoms with Crippen LogP contribution in [-0.2, 0) is 14.8 Å². The first-order valence-electron chi connectivity index (χ1n) is 5.74. The maximum absolute atomic E-state index is 10.1. The molecule has 0 atom stereocenters. The van der Waals surface area contributed by atoms with Gasteiger partial charge in [0.2, 0.25) is 10.0 Å². The normalized spacial score (nSPS) is 8.63. The van der Waals surface area contributed by atoms with Crippen molar-refractivity contribution >= 4 is 27.1 Å². The van der Waals surface area contributed by atoms with Crippen LogP contribution in [-0.4, -0.2) is 51.5 Å². The van der Waals surface area contributed by atoms with Crippen LogP contribution in [0.5, 0.6) is 0 Å². The highest BCUT2D eigenvalue weighted by molar-refractivity contribution is 7.88. The van der Waals surface area contributed by atoms with Gasteiger partial charge in [-0.1, -0.05) is 13.8 Å². The summed E-state index contributed by atoms with van der Waals surface area (Å²) in [5.74, 6) is 0. The maximum atomic E-state index is 10.1. The second-order valence-electron chi connectivity index (χ2n) is 2.67. The molecule has 0 radical (unpaired) electrons. The van der Waals surface area contributed by atoms with Crippen LogP contribution in [0.4, 0.5) is 4.79 Å². The summed E-state index contributed by atoms with van der Waals surface area (Å²) in [4.78, 5) is 9.59. The lowest BCUT2D eigenvalue weighted by atomic mass is 10.8. The number of carbonyl (C=O) groups is 1. The van der Waals surface area contributed by atoms with E-state index in [-0.39, 0.29) is 6.61 Å². The van der Waals surface area contributed by atoms with E-state index >= 15 is 0 Å². The van der Waals surface area contributed by atoms with Gasteiger partial charge in [0, 0.05) is 24.8 Å². The first-order valence-corrected chi connectivity index (χ1v) is 8.01.